The normalized spacial score (nSPS) is 19.5. The fourth-order valence-electron chi connectivity index (χ4n) is 2.50. The summed E-state index contributed by atoms with van der Waals surface area (Å²) >= 11 is 1.78. The van der Waals surface area contributed by atoms with Crippen LogP contribution in [0.2, 0.25) is 0 Å². The Labute approximate surface area is 137 Å². The third kappa shape index (κ3) is 5.21. The molecule has 2 N–H and O–H groups in total. The smallest absolute Gasteiger partial charge is 0.237 e. The lowest BCUT2D eigenvalue weighted by molar-refractivity contribution is -0.123. The van der Waals surface area contributed by atoms with Crippen molar-refractivity contribution in [2.45, 2.75) is 37.1 Å². The van der Waals surface area contributed by atoms with E-state index in [2.05, 4.69) is 23.6 Å². The second-order valence-electron chi connectivity index (χ2n) is 5.81. The van der Waals surface area contributed by atoms with E-state index in [1.807, 2.05) is 18.2 Å². The van der Waals surface area contributed by atoms with Gasteiger partial charge in [0.1, 0.15) is 5.75 Å². The number of methoxy groups -OCH3 is 1. The molecule has 0 radical (unpaired) electrons. The predicted octanol–water partition coefficient (Wildman–Crippen LogP) is 2.68. The topological polar surface area (TPSA) is 50.4 Å². The van der Waals surface area contributed by atoms with Crippen molar-refractivity contribution in [1.29, 1.82) is 0 Å². The number of rotatable bonds is 7. The number of amides is 1. The molecule has 1 aliphatic heterocycles. The number of para-hydroxylation sites is 1. The third-order valence-corrected chi connectivity index (χ3v) is 5.23. The Morgan fingerprint density at radius 2 is 2.27 bits per heavy atom. The molecule has 22 heavy (non-hydrogen) atoms. The van der Waals surface area contributed by atoms with Gasteiger partial charge in [-0.1, -0.05) is 25.5 Å². The van der Waals surface area contributed by atoms with Gasteiger partial charge in [-0.2, -0.15) is 0 Å². The minimum absolute atomic E-state index is 0.00261. The first-order valence-electron chi connectivity index (χ1n) is 7.97. The molecule has 2 atom stereocenters. The number of piperidine rings is 1. The van der Waals surface area contributed by atoms with E-state index >= 15 is 0 Å². The molecule has 0 aliphatic carbocycles. The predicted molar refractivity (Wildman–Crippen MR) is 91.5 cm³/mol. The van der Waals surface area contributed by atoms with Crippen LogP contribution in [0.1, 0.15) is 26.2 Å². The van der Waals surface area contributed by atoms with E-state index in [0.29, 0.717) is 5.92 Å². The summed E-state index contributed by atoms with van der Waals surface area (Å²) in [6.07, 6.45) is 3.27. The molecule has 0 spiro atoms. The van der Waals surface area contributed by atoms with Crippen LogP contribution in [-0.4, -0.2) is 37.9 Å². The maximum absolute atomic E-state index is 12.1. The van der Waals surface area contributed by atoms with Crippen molar-refractivity contribution in [3.63, 3.8) is 0 Å². The molecular weight excluding hydrogens is 296 g/mol. The Hall–Kier alpha value is -1.20. The molecule has 1 amide bonds. The first-order valence-corrected chi connectivity index (χ1v) is 8.96. The minimum Gasteiger partial charge on any atom is -0.496 e. The van der Waals surface area contributed by atoms with Crippen LogP contribution in [0, 0.1) is 5.92 Å². The first kappa shape index (κ1) is 17.2. The fourth-order valence-corrected chi connectivity index (χ4v) is 3.55. The number of carbonyl (C=O) groups excluding carboxylic acids is 1. The Morgan fingerprint density at radius 1 is 1.45 bits per heavy atom. The van der Waals surface area contributed by atoms with Gasteiger partial charge in [0.05, 0.1) is 13.2 Å². The van der Waals surface area contributed by atoms with Gasteiger partial charge < -0.3 is 15.4 Å². The van der Waals surface area contributed by atoms with Crippen molar-refractivity contribution in [1.82, 2.24) is 10.6 Å². The lowest BCUT2D eigenvalue weighted by atomic mass is 10.0. The Balaban J connectivity index is 1.71. The van der Waals surface area contributed by atoms with Gasteiger partial charge in [0.25, 0.3) is 0 Å². The molecule has 1 aromatic rings. The molecule has 122 valence electrons. The van der Waals surface area contributed by atoms with E-state index in [9.17, 15) is 4.79 Å². The Bertz CT molecular complexity index is 475. The zero-order valence-corrected chi connectivity index (χ0v) is 14.2. The van der Waals surface area contributed by atoms with Crippen LogP contribution in [0.3, 0.4) is 0 Å². The van der Waals surface area contributed by atoms with Crippen molar-refractivity contribution in [2.24, 2.45) is 5.92 Å². The second kappa shape index (κ2) is 9.06. The van der Waals surface area contributed by atoms with Crippen LogP contribution in [0.5, 0.6) is 5.75 Å². The van der Waals surface area contributed by atoms with E-state index in [1.54, 1.807) is 18.9 Å². The van der Waals surface area contributed by atoms with Gasteiger partial charge in [-0.25, -0.2) is 0 Å². The number of thioether (sulfide) groups is 1. The molecule has 1 aliphatic rings. The van der Waals surface area contributed by atoms with Gasteiger partial charge in [0.15, 0.2) is 0 Å². The molecule has 1 fully saturated rings. The lowest BCUT2D eigenvalue weighted by Gasteiger charge is -2.23. The van der Waals surface area contributed by atoms with E-state index in [0.717, 1.165) is 42.3 Å². The lowest BCUT2D eigenvalue weighted by Crippen LogP contribution is -2.47. The SMILES string of the molecule is COc1ccccc1SCC(C)CNC(=O)[C@@H]1CCCCN1. The van der Waals surface area contributed by atoms with Gasteiger partial charge in [-0.05, 0) is 37.4 Å². The zero-order chi connectivity index (χ0) is 15.8. The van der Waals surface area contributed by atoms with Crippen LogP contribution in [0.15, 0.2) is 29.2 Å². The Morgan fingerprint density at radius 3 is 3.00 bits per heavy atom. The molecule has 5 heteroatoms. The van der Waals surface area contributed by atoms with E-state index in [-0.39, 0.29) is 11.9 Å². The number of hydrogen-bond donors (Lipinski definition) is 2. The monoisotopic (exact) mass is 322 g/mol. The molecule has 2 rings (SSSR count). The van der Waals surface area contributed by atoms with Crippen molar-refractivity contribution in [2.75, 3.05) is 26.0 Å². The summed E-state index contributed by atoms with van der Waals surface area (Å²) in [5.74, 6) is 2.44. The standard InChI is InChI=1S/C17H26N2O2S/c1-13(11-19-17(20)14-7-5-6-10-18-14)12-22-16-9-4-3-8-15(16)21-2/h3-4,8-9,13-14,18H,5-7,10-12H2,1-2H3,(H,19,20)/t13?,14-/m0/s1. The molecule has 1 aromatic carbocycles. The summed E-state index contributed by atoms with van der Waals surface area (Å²) in [5.41, 5.74) is 0. The van der Waals surface area contributed by atoms with E-state index in [4.69, 9.17) is 4.74 Å². The van der Waals surface area contributed by atoms with Crippen LogP contribution in [0.4, 0.5) is 0 Å². The van der Waals surface area contributed by atoms with Gasteiger partial charge in [0.2, 0.25) is 5.91 Å². The summed E-state index contributed by atoms with van der Waals surface area (Å²) in [5, 5.41) is 6.35. The average molecular weight is 322 g/mol. The third-order valence-electron chi connectivity index (χ3n) is 3.84. The summed E-state index contributed by atoms with van der Waals surface area (Å²) in [6, 6.07) is 8.04. The van der Waals surface area contributed by atoms with Gasteiger partial charge in [0, 0.05) is 17.2 Å². The average Bonchev–Trinajstić information content (AvgIpc) is 2.58. The molecule has 0 bridgehead atoms. The van der Waals surface area contributed by atoms with E-state index < -0.39 is 0 Å². The number of nitrogens with one attached hydrogen (secondary N) is 2. The molecule has 1 unspecified atom stereocenters. The highest BCUT2D eigenvalue weighted by Crippen LogP contribution is 2.29. The number of hydrogen-bond acceptors (Lipinski definition) is 4. The fraction of sp³-hybridized carbons (Fsp3) is 0.588. The number of carbonyl (C=O) groups is 1. The van der Waals surface area contributed by atoms with Crippen LogP contribution in [0.25, 0.3) is 0 Å². The van der Waals surface area contributed by atoms with E-state index in [1.165, 1.54) is 6.42 Å². The van der Waals surface area contributed by atoms with Crippen LogP contribution in [-0.2, 0) is 4.79 Å². The number of ether oxygens (including phenoxy) is 1. The van der Waals surface area contributed by atoms with Crippen LogP contribution < -0.4 is 15.4 Å². The van der Waals surface area contributed by atoms with Gasteiger partial charge >= 0.3 is 0 Å². The van der Waals surface area contributed by atoms with Gasteiger partial charge in [-0.15, -0.1) is 11.8 Å². The van der Waals surface area contributed by atoms with Gasteiger partial charge in [-0.3, -0.25) is 4.79 Å². The number of benzene rings is 1. The van der Waals surface area contributed by atoms with Crippen molar-refractivity contribution >= 4 is 17.7 Å². The van der Waals surface area contributed by atoms with Crippen molar-refractivity contribution in [3.05, 3.63) is 24.3 Å². The molecule has 1 heterocycles. The molecule has 0 aromatic heterocycles. The molecular formula is C17H26N2O2S. The molecule has 1 saturated heterocycles. The molecule has 4 nitrogen and oxygen atoms in total. The van der Waals surface area contributed by atoms with Crippen LogP contribution >= 0.6 is 11.8 Å². The van der Waals surface area contributed by atoms with Crippen molar-refractivity contribution < 1.29 is 9.53 Å². The minimum atomic E-state index is 0.00261. The van der Waals surface area contributed by atoms with Crippen molar-refractivity contribution in [3.8, 4) is 5.75 Å². The highest BCUT2D eigenvalue weighted by Gasteiger charge is 2.20. The largest absolute Gasteiger partial charge is 0.496 e. The second-order valence-corrected chi connectivity index (χ2v) is 6.88. The maximum Gasteiger partial charge on any atom is 0.237 e. The summed E-state index contributed by atoms with van der Waals surface area (Å²) in [4.78, 5) is 13.2. The summed E-state index contributed by atoms with van der Waals surface area (Å²) in [6.45, 7) is 3.84. The maximum atomic E-state index is 12.1. The Kier molecular flexibility index (Phi) is 7.06. The summed E-state index contributed by atoms with van der Waals surface area (Å²) < 4.78 is 5.36. The highest BCUT2D eigenvalue weighted by atomic mass is 32.2. The quantitative estimate of drug-likeness (QED) is 0.758. The first-order chi connectivity index (χ1) is 10.7. The molecule has 0 saturated carbocycles. The zero-order valence-electron chi connectivity index (χ0n) is 13.4. The summed E-state index contributed by atoms with van der Waals surface area (Å²) in [7, 11) is 1.69. The highest BCUT2D eigenvalue weighted by molar-refractivity contribution is 7.99.